The van der Waals surface area contributed by atoms with E-state index in [1.54, 1.807) is 23.1 Å². The molecule has 0 aliphatic rings. The van der Waals surface area contributed by atoms with E-state index in [0.29, 0.717) is 11.4 Å². The molecule has 0 aliphatic carbocycles. The third-order valence-corrected chi connectivity index (χ3v) is 4.27. The average Bonchev–Trinajstić information content (AvgIpc) is 3.20. The van der Waals surface area contributed by atoms with Gasteiger partial charge in [-0.3, -0.25) is 0 Å². The number of aromatic nitrogens is 2. The zero-order valence-corrected chi connectivity index (χ0v) is 15.9. The Labute approximate surface area is 168 Å². The van der Waals surface area contributed by atoms with Crippen LogP contribution >= 0.6 is 0 Å². The van der Waals surface area contributed by atoms with E-state index >= 15 is 0 Å². The van der Waals surface area contributed by atoms with E-state index in [2.05, 4.69) is 15.7 Å². The normalized spacial score (nSPS) is 10.4. The summed E-state index contributed by atoms with van der Waals surface area (Å²) in [5, 5.41) is 9.89. The van der Waals surface area contributed by atoms with E-state index < -0.39 is 0 Å². The number of urea groups is 1. The number of nitrogens with one attached hydrogen (secondary N) is 2. The van der Waals surface area contributed by atoms with Crippen LogP contribution in [-0.2, 0) is 0 Å². The van der Waals surface area contributed by atoms with Crippen LogP contribution in [0.25, 0.3) is 5.69 Å². The average molecular weight is 384 g/mol. The number of carbonyl (C=O) groups is 1. The molecular formula is C23H20N4O2. The number of hydrogen-bond donors (Lipinski definition) is 2. The smallest absolute Gasteiger partial charge is 0.323 e. The molecule has 0 radical (unpaired) electrons. The summed E-state index contributed by atoms with van der Waals surface area (Å²) in [6.45, 7) is 1.94. The Kier molecular flexibility index (Phi) is 5.25. The minimum absolute atomic E-state index is 0.339. The van der Waals surface area contributed by atoms with Gasteiger partial charge in [0.1, 0.15) is 11.5 Å². The Bertz CT molecular complexity index is 1110. The molecule has 0 fully saturated rings. The van der Waals surface area contributed by atoms with Crippen molar-refractivity contribution in [1.29, 1.82) is 0 Å². The van der Waals surface area contributed by atoms with Crippen molar-refractivity contribution in [2.75, 3.05) is 10.6 Å². The molecule has 0 saturated heterocycles. The van der Waals surface area contributed by atoms with Crippen LogP contribution in [0.5, 0.6) is 11.5 Å². The summed E-state index contributed by atoms with van der Waals surface area (Å²) >= 11 is 0. The third kappa shape index (κ3) is 4.62. The maximum absolute atomic E-state index is 12.3. The van der Waals surface area contributed by atoms with Crippen LogP contribution in [0, 0.1) is 6.92 Å². The number of hydrogen-bond acceptors (Lipinski definition) is 3. The van der Waals surface area contributed by atoms with Crippen LogP contribution in [0.3, 0.4) is 0 Å². The van der Waals surface area contributed by atoms with Crippen molar-refractivity contribution in [3.05, 3.63) is 96.8 Å². The molecule has 6 nitrogen and oxygen atoms in total. The predicted octanol–water partition coefficient (Wildman–Crippen LogP) is 5.62. The maximum Gasteiger partial charge on any atom is 0.323 e. The van der Waals surface area contributed by atoms with Crippen LogP contribution < -0.4 is 15.4 Å². The molecule has 2 amide bonds. The highest BCUT2D eigenvalue weighted by molar-refractivity contribution is 5.99. The highest BCUT2D eigenvalue weighted by Crippen LogP contribution is 2.27. The van der Waals surface area contributed by atoms with E-state index in [1.807, 2.05) is 79.7 Å². The van der Waals surface area contributed by atoms with E-state index in [0.717, 1.165) is 22.7 Å². The summed E-state index contributed by atoms with van der Waals surface area (Å²) in [5.41, 5.74) is 3.12. The summed E-state index contributed by atoms with van der Waals surface area (Å²) in [7, 11) is 0. The molecule has 4 rings (SSSR count). The standard InChI is InChI=1S/C23H20N4O2/c1-17-14-18(12-13-22(17)29-21-10-6-3-7-11-21)25-23(28)26-19-15-24-27(16-19)20-8-4-2-5-9-20/h2-16H,1H3,(H2,25,26,28). The summed E-state index contributed by atoms with van der Waals surface area (Å²) in [6, 6.07) is 24.4. The molecule has 0 unspecified atom stereocenters. The van der Waals surface area contributed by atoms with Gasteiger partial charge >= 0.3 is 6.03 Å². The Morgan fingerprint density at radius 1 is 0.897 bits per heavy atom. The number of carbonyl (C=O) groups excluding carboxylic acids is 1. The first-order valence-corrected chi connectivity index (χ1v) is 9.19. The van der Waals surface area contributed by atoms with E-state index in [4.69, 9.17) is 4.74 Å². The molecule has 2 N–H and O–H groups in total. The summed E-state index contributed by atoms with van der Waals surface area (Å²) in [5.74, 6) is 1.51. The van der Waals surface area contributed by atoms with Crippen molar-refractivity contribution < 1.29 is 9.53 Å². The molecule has 6 heteroatoms. The molecule has 29 heavy (non-hydrogen) atoms. The van der Waals surface area contributed by atoms with Gasteiger partial charge in [0.25, 0.3) is 0 Å². The molecule has 0 spiro atoms. The van der Waals surface area contributed by atoms with Gasteiger partial charge < -0.3 is 15.4 Å². The van der Waals surface area contributed by atoms with E-state index in [1.165, 1.54) is 0 Å². The van der Waals surface area contributed by atoms with Crippen molar-refractivity contribution in [2.45, 2.75) is 6.92 Å². The molecule has 1 heterocycles. The van der Waals surface area contributed by atoms with Crippen LogP contribution in [0.4, 0.5) is 16.2 Å². The quantitative estimate of drug-likeness (QED) is 0.469. The second-order valence-electron chi connectivity index (χ2n) is 6.48. The highest BCUT2D eigenvalue weighted by Gasteiger charge is 2.08. The predicted molar refractivity (Wildman–Crippen MR) is 114 cm³/mol. The highest BCUT2D eigenvalue weighted by atomic mass is 16.5. The lowest BCUT2D eigenvalue weighted by Crippen LogP contribution is -2.19. The lowest BCUT2D eigenvalue weighted by atomic mass is 10.2. The lowest BCUT2D eigenvalue weighted by molar-refractivity contribution is 0.262. The molecule has 144 valence electrons. The van der Waals surface area contributed by atoms with Crippen LogP contribution in [-0.4, -0.2) is 15.8 Å². The number of para-hydroxylation sites is 2. The van der Waals surface area contributed by atoms with Gasteiger partial charge in [-0.25, -0.2) is 9.48 Å². The Hall–Kier alpha value is -4.06. The monoisotopic (exact) mass is 384 g/mol. The maximum atomic E-state index is 12.3. The zero-order valence-electron chi connectivity index (χ0n) is 15.9. The molecule has 4 aromatic rings. The summed E-state index contributed by atoms with van der Waals surface area (Å²) in [6.07, 6.45) is 3.37. The second kappa shape index (κ2) is 8.31. The van der Waals surface area contributed by atoms with Gasteiger partial charge in [-0.05, 0) is 55.0 Å². The molecule has 0 saturated carbocycles. The number of aryl methyl sites for hydroxylation is 1. The lowest BCUT2D eigenvalue weighted by Gasteiger charge is -2.11. The topological polar surface area (TPSA) is 68.2 Å². The largest absolute Gasteiger partial charge is 0.457 e. The van der Waals surface area contributed by atoms with E-state index in [-0.39, 0.29) is 6.03 Å². The van der Waals surface area contributed by atoms with Gasteiger partial charge in [-0.2, -0.15) is 5.10 Å². The third-order valence-electron chi connectivity index (χ3n) is 4.27. The number of ether oxygens (including phenoxy) is 1. The molecular weight excluding hydrogens is 364 g/mol. The summed E-state index contributed by atoms with van der Waals surface area (Å²) < 4.78 is 7.57. The number of anilines is 2. The van der Waals surface area contributed by atoms with Gasteiger partial charge in [0, 0.05) is 5.69 Å². The first-order valence-electron chi connectivity index (χ1n) is 9.19. The minimum atomic E-state index is -0.339. The van der Waals surface area contributed by atoms with Crippen molar-refractivity contribution in [1.82, 2.24) is 9.78 Å². The van der Waals surface area contributed by atoms with Crippen molar-refractivity contribution >= 4 is 17.4 Å². The molecule has 0 aliphatic heterocycles. The van der Waals surface area contributed by atoms with Gasteiger partial charge in [-0.1, -0.05) is 36.4 Å². The number of benzene rings is 3. The SMILES string of the molecule is Cc1cc(NC(=O)Nc2cnn(-c3ccccc3)c2)ccc1Oc1ccccc1. The molecule has 3 aromatic carbocycles. The molecule has 0 atom stereocenters. The fourth-order valence-electron chi connectivity index (χ4n) is 2.86. The van der Waals surface area contributed by atoms with Crippen molar-refractivity contribution in [3.8, 4) is 17.2 Å². The fourth-order valence-corrected chi connectivity index (χ4v) is 2.86. The van der Waals surface area contributed by atoms with Gasteiger partial charge in [0.2, 0.25) is 0 Å². The first-order chi connectivity index (χ1) is 14.2. The molecule has 0 bridgehead atoms. The summed E-state index contributed by atoms with van der Waals surface area (Å²) in [4.78, 5) is 12.3. The van der Waals surface area contributed by atoms with E-state index in [9.17, 15) is 4.79 Å². The van der Waals surface area contributed by atoms with Gasteiger partial charge in [0.05, 0.1) is 23.8 Å². The Balaban J connectivity index is 1.38. The second-order valence-corrected chi connectivity index (χ2v) is 6.48. The first kappa shape index (κ1) is 18.3. The van der Waals surface area contributed by atoms with Gasteiger partial charge in [-0.15, -0.1) is 0 Å². The van der Waals surface area contributed by atoms with Crippen LogP contribution in [0.2, 0.25) is 0 Å². The minimum Gasteiger partial charge on any atom is -0.457 e. The van der Waals surface area contributed by atoms with Gasteiger partial charge in [0.15, 0.2) is 0 Å². The van der Waals surface area contributed by atoms with Crippen LogP contribution in [0.15, 0.2) is 91.3 Å². The number of rotatable bonds is 5. The van der Waals surface area contributed by atoms with Crippen molar-refractivity contribution in [3.63, 3.8) is 0 Å². The van der Waals surface area contributed by atoms with Crippen molar-refractivity contribution in [2.24, 2.45) is 0 Å². The Morgan fingerprint density at radius 3 is 2.31 bits per heavy atom. The Morgan fingerprint density at radius 2 is 1.59 bits per heavy atom. The zero-order chi connectivity index (χ0) is 20.1. The molecule has 1 aromatic heterocycles. The fraction of sp³-hybridized carbons (Fsp3) is 0.0435. The number of nitrogens with zero attached hydrogens (tertiary/aromatic N) is 2. The number of amides is 2. The van der Waals surface area contributed by atoms with Crippen LogP contribution in [0.1, 0.15) is 5.56 Å².